The van der Waals surface area contributed by atoms with Crippen molar-refractivity contribution >= 4 is 33.2 Å². The highest BCUT2D eigenvalue weighted by atomic mass is 35.5. The van der Waals surface area contributed by atoms with Gasteiger partial charge in [-0.1, -0.05) is 11.6 Å². The Kier molecular flexibility index (Phi) is 5.15. The Morgan fingerprint density at radius 1 is 1.40 bits per heavy atom. The highest BCUT2D eigenvalue weighted by molar-refractivity contribution is 7.89. The summed E-state index contributed by atoms with van der Waals surface area (Å²) in [6.07, 6.45) is 0. The zero-order valence-electron chi connectivity index (χ0n) is 11.4. The number of amides is 1. The van der Waals surface area contributed by atoms with Crippen LogP contribution in [0.5, 0.6) is 0 Å². The van der Waals surface area contributed by atoms with Crippen LogP contribution in [0.2, 0.25) is 5.02 Å². The number of benzene rings is 1. The molecule has 0 bridgehead atoms. The van der Waals surface area contributed by atoms with E-state index in [0.29, 0.717) is 5.69 Å². The molecule has 0 saturated heterocycles. The number of carbonyl (C=O) groups is 1. The topological polar surface area (TPSA) is 98.5 Å². The van der Waals surface area contributed by atoms with Crippen molar-refractivity contribution in [2.75, 3.05) is 11.9 Å². The lowest BCUT2D eigenvalue weighted by Gasteiger charge is -2.19. The van der Waals surface area contributed by atoms with Gasteiger partial charge in [-0.05, 0) is 39.0 Å². The monoisotopic (exact) mass is 320 g/mol. The van der Waals surface area contributed by atoms with E-state index in [-0.39, 0.29) is 22.4 Å². The van der Waals surface area contributed by atoms with Crippen LogP contribution >= 0.6 is 11.6 Å². The second-order valence-corrected chi connectivity index (χ2v) is 7.08. The molecule has 0 aliphatic heterocycles. The number of halogens is 1. The fraction of sp³-hybridized carbons (Fsp3) is 0.417. The summed E-state index contributed by atoms with van der Waals surface area (Å²) in [5.41, 5.74) is -0.0585. The average molecular weight is 321 g/mol. The van der Waals surface area contributed by atoms with Crippen molar-refractivity contribution in [3.8, 4) is 0 Å². The van der Waals surface area contributed by atoms with Gasteiger partial charge in [0.25, 0.3) is 0 Å². The predicted octanol–water partition coefficient (Wildman–Crippen LogP) is 1.74. The molecule has 0 heterocycles. The molecule has 0 aliphatic rings. The van der Waals surface area contributed by atoms with E-state index in [9.17, 15) is 13.2 Å². The molecule has 0 fully saturated rings. The second-order valence-electron chi connectivity index (χ2n) is 5.14. The molecule has 0 aromatic heterocycles. The zero-order chi connectivity index (χ0) is 15.6. The first-order chi connectivity index (χ1) is 8.99. The number of nitrogens with two attached hydrogens (primary N) is 1. The maximum Gasteiger partial charge on any atom is 0.250 e. The van der Waals surface area contributed by atoms with E-state index in [1.807, 2.05) is 20.8 Å². The van der Waals surface area contributed by atoms with Gasteiger partial charge < -0.3 is 10.1 Å². The Balaban J connectivity index is 2.76. The smallest absolute Gasteiger partial charge is 0.250 e. The van der Waals surface area contributed by atoms with Gasteiger partial charge in [0.2, 0.25) is 15.9 Å². The van der Waals surface area contributed by atoms with Gasteiger partial charge in [-0.3, -0.25) is 4.79 Å². The van der Waals surface area contributed by atoms with E-state index in [0.717, 1.165) is 0 Å². The molecule has 0 spiro atoms. The third-order valence-corrected chi connectivity index (χ3v) is 3.55. The van der Waals surface area contributed by atoms with Gasteiger partial charge in [0.15, 0.2) is 0 Å². The van der Waals surface area contributed by atoms with Gasteiger partial charge in [0, 0.05) is 5.69 Å². The molecule has 0 unspecified atom stereocenters. The van der Waals surface area contributed by atoms with Gasteiger partial charge in [-0.15, -0.1) is 0 Å². The second kappa shape index (κ2) is 6.09. The molecule has 1 amide bonds. The van der Waals surface area contributed by atoms with Crippen molar-refractivity contribution in [1.29, 1.82) is 0 Å². The van der Waals surface area contributed by atoms with Gasteiger partial charge in [0.05, 0.1) is 10.6 Å². The third-order valence-electron chi connectivity index (χ3n) is 2.16. The molecule has 0 saturated carbocycles. The fourth-order valence-corrected chi connectivity index (χ4v) is 2.38. The molecule has 1 aromatic rings. The first kappa shape index (κ1) is 16.9. The van der Waals surface area contributed by atoms with Crippen LogP contribution in [0.3, 0.4) is 0 Å². The zero-order valence-corrected chi connectivity index (χ0v) is 13.0. The molecular weight excluding hydrogens is 304 g/mol. The lowest BCUT2D eigenvalue weighted by Crippen LogP contribution is -2.27. The summed E-state index contributed by atoms with van der Waals surface area (Å²) in [7, 11) is -3.88. The molecule has 8 heteroatoms. The Morgan fingerprint density at radius 2 is 2.00 bits per heavy atom. The van der Waals surface area contributed by atoms with Crippen molar-refractivity contribution in [2.24, 2.45) is 5.14 Å². The lowest BCUT2D eigenvalue weighted by atomic mass is 10.2. The van der Waals surface area contributed by atoms with Crippen LogP contribution in [-0.2, 0) is 19.6 Å². The minimum Gasteiger partial charge on any atom is -0.366 e. The third kappa shape index (κ3) is 5.46. The number of anilines is 1. The molecule has 3 N–H and O–H groups in total. The number of rotatable bonds is 4. The van der Waals surface area contributed by atoms with Crippen molar-refractivity contribution in [2.45, 2.75) is 31.3 Å². The highest BCUT2D eigenvalue weighted by Gasteiger charge is 2.15. The van der Waals surface area contributed by atoms with E-state index in [1.54, 1.807) is 0 Å². The Labute approximate surface area is 123 Å². The fourth-order valence-electron chi connectivity index (χ4n) is 1.29. The first-order valence-electron chi connectivity index (χ1n) is 5.75. The van der Waals surface area contributed by atoms with Crippen LogP contribution in [0.1, 0.15) is 20.8 Å². The van der Waals surface area contributed by atoms with Gasteiger partial charge in [-0.2, -0.15) is 0 Å². The van der Waals surface area contributed by atoms with Gasteiger partial charge in [-0.25, -0.2) is 13.6 Å². The number of hydrogen-bond donors (Lipinski definition) is 2. The Hall–Kier alpha value is -1.15. The number of primary sulfonamides is 1. The summed E-state index contributed by atoms with van der Waals surface area (Å²) >= 11 is 5.81. The van der Waals surface area contributed by atoms with E-state index in [4.69, 9.17) is 21.5 Å². The molecule has 0 atom stereocenters. The van der Waals surface area contributed by atoms with E-state index < -0.39 is 15.6 Å². The average Bonchev–Trinajstić information content (AvgIpc) is 2.23. The van der Waals surface area contributed by atoms with Crippen molar-refractivity contribution in [3.05, 3.63) is 23.2 Å². The lowest BCUT2D eigenvalue weighted by molar-refractivity contribution is -0.125. The molecule has 1 aromatic carbocycles. The van der Waals surface area contributed by atoms with E-state index >= 15 is 0 Å². The Bertz CT molecular complexity index is 608. The maximum atomic E-state index is 11.6. The maximum absolute atomic E-state index is 11.6. The molecule has 112 valence electrons. The SMILES string of the molecule is CC(C)(C)OCC(=O)Nc1ccc(S(N)(=O)=O)c(Cl)c1. The molecule has 1 rings (SSSR count). The van der Waals surface area contributed by atoms with Crippen molar-refractivity contribution in [1.82, 2.24) is 0 Å². The summed E-state index contributed by atoms with van der Waals surface area (Å²) in [5, 5.41) is 7.48. The largest absolute Gasteiger partial charge is 0.366 e. The summed E-state index contributed by atoms with van der Waals surface area (Å²) in [6, 6.07) is 3.95. The van der Waals surface area contributed by atoms with Crippen LogP contribution < -0.4 is 10.5 Å². The number of hydrogen-bond acceptors (Lipinski definition) is 4. The summed E-state index contributed by atoms with van der Waals surface area (Å²) < 4.78 is 27.7. The molecule has 20 heavy (non-hydrogen) atoms. The van der Waals surface area contributed by atoms with Crippen LogP contribution in [0.4, 0.5) is 5.69 Å². The normalized spacial score (nSPS) is 12.2. The minimum atomic E-state index is -3.88. The number of sulfonamides is 1. The van der Waals surface area contributed by atoms with Crippen LogP contribution in [0.25, 0.3) is 0 Å². The number of carbonyl (C=O) groups excluding carboxylic acids is 1. The Morgan fingerprint density at radius 3 is 2.45 bits per heavy atom. The quantitative estimate of drug-likeness (QED) is 0.882. The number of nitrogens with one attached hydrogen (secondary N) is 1. The highest BCUT2D eigenvalue weighted by Crippen LogP contribution is 2.24. The first-order valence-corrected chi connectivity index (χ1v) is 7.67. The summed E-state index contributed by atoms with van der Waals surface area (Å²) in [4.78, 5) is 11.4. The van der Waals surface area contributed by atoms with Crippen molar-refractivity contribution < 1.29 is 17.9 Å². The standard InChI is InChI=1S/C12H17ClN2O4S/c1-12(2,3)19-7-11(16)15-8-4-5-10(9(13)6-8)20(14,17)18/h4-6H,7H2,1-3H3,(H,15,16)(H2,14,17,18). The van der Waals surface area contributed by atoms with Gasteiger partial charge >= 0.3 is 0 Å². The van der Waals surface area contributed by atoms with Crippen LogP contribution in [0.15, 0.2) is 23.1 Å². The summed E-state index contributed by atoms with van der Waals surface area (Å²) in [5.74, 6) is -0.362. The van der Waals surface area contributed by atoms with E-state index in [2.05, 4.69) is 5.32 Å². The molecule has 6 nitrogen and oxygen atoms in total. The summed E-state index contributed by atoms with van der Waals surface area (Å²) in [6.45, 7) is 5.38. The number of ether oxygens (including phenoxy) is 1. The molecule has 0 aliphatic carbocycles. The predicted molar refractivity (Wildman–Crippen MR) is 77.2 cm³/mol. The minimum absolute atomic E-state index is 0.0537. The van der Waals surface area contributed by atoms with Gasteiger partial charge in [0.1, 0.15) is 11.5 Å². The molecule has 0 radical (unpaired) electrons. The van der Waals surface area contributed by atoms with E-state index in [1.165, 1.54) is 18.2 Å². The van der Waals surface area contributed by atoms with Crippen LogP contribution in [-0.4, -0.2) is 26.5 Å². The van der Waals surface area contributed by atoms with Crippen LogP contribution in [0, 0.1) is 0 Å². The molecular formula is C12H17ClN2O4S. The van der Waals surface area contributed by atoms with Crippen molar-refractivity contribution in [3.63, 3.8) is 0 Å².